The molecule has 0 saturated carbocycles. The van der Waals surface area contributed by atoms with Crippen LogP contribution in [0.2, 0.25) is 0 Å². The second-order valence-corrected chi connectivity index (χ2v) is 16.0. The predicted octanol–water partition coefficient (Wildman–Crippen LogP) is 6.11. The minimum absolute atomic E-state index is 0.175. The maximum Gasteiger partial charge on any atom is 0.115 e. The molecule has 2 heterocycles. The monoisotopic (exact) mass is 782 g/mol. The van der Waals surface area contributed by atoms with Crippen LogP contribution in [-0.2, 0) is 0 Å². The van der Waals surface area contributed by atoms with Crippen LogP contribution in [-0.4, -0.2) is 64.1 Å². The fourth-order valence-corrected chi connectivity index (χ4v) is 9.47. The van der Waals surface area contributed by atoms with E-state index in [0.717, 1.165) is 72.1 Å². The quantitative estimate of drug-likeness (QED) is 0.181. The van der Waals surface area contributed by atoms with E-state index in [4.69, 9.17) is 54.9 Å². The van der Waals surface area contributed by atoms with Gasteiger partial charge in [0.05, 0.1) is 16.7 Å². The van der Waals surface area contributed by atoms with Crippen molar-refractivity contribution in [3.05, 3.63) is 176 Å². The third-order valence-electron chi connectivity index (χ3n) is 12.5. The molecule has 0 atom stereocenters. The highest BCUT2D eigenvalue weighted by Gasteiger charge is 2.25. The number of rotatable bonds is 6. The molecular weight excluding hydrogens is 752 g/mol. The first-order valence-corrected chi connectivity index (χ1v) is 20.7. The lowest BCUT2D eigenvalue weighted by molar-refractivity contribution is 1.18. The molecule has 2 aromatic heterocycles. The van der Waals surface area contributed by atoms with Gasteiger partial charge in [0.25, 0.3) is 0 Å². The largest absolute Gasteiger partial charge is 0.311 e. The van der Waals surface area contributed by atoms with E-state index in [1.54, 1.807) is 0 Å². The van der Waals surface area contributed by atoms with Gasteiger partial charge in [-0.3, -0.25) is 0 Å². The first-order valence-electron chi connectivity index (χ1n) is 20.7. The average Bonchev–Trinajstić information content (AvgIpc) is 3.87. The minimum atomic E-state index is 0.175. The van der Waals surface area contributed by atoms with Crippen molar-refractivity contribution in [3.8, 4) is 55.9 Å². The molecule has 11 rings (SSSR count). The van der Waals surface area contributed by atoms with Gasteiger partial charge in [-0.25, -0.2) is 0 Å². The van der Waals surface area contributed by atoms with Gasteiger partial charge < -0.3 is 9.13 Å². The Bertz CT molecular complexity index is 3620. The van der Waals surface area contributed by atoms with E-state index in [9.17, 15) is 0 Å². The van der Waals surface area contributed by atoms with Gasteiger partial charge in [-0.05, 0) is 86.8 Å². The predicted molar refractivity (Wildman–Crippen MR) is 275 cm³/mol. The van der Waals surface area contributed by atoms with Gasteiger partial charge in [-0.1, -0.05) is 161 Å². The summed E-state index contributed by atoms with van der Waals surface area (Å²) in [5.41, 5.74) is 14.9. The zero-order valence-electron chi connectivity index (χ0n) is 34.2. The molecule has 0 spiro atoms. The Labute approximate surface area is 375 Å². The van der Waals surface area contributed by atoms with Crippen LogP contribution in [0, 0.1) is 0 Å². The summed E-state index contributed by atoms with van der Waals surface area (Å²) in [5.74, 6) is 0. The summed E-state index contributed by atoms with van der Waals surface area (Å²) < 4.78 is 4.28. The Kier molecular flexibility index (Phi) is 9.35. The maximum atomic E-state index is 7.40. The van der Waals surface area contributed by atoms with Crippen molar-refractivity contribution in [3.63, 3.8) is 0 Å². The highest BCUT2D eigenvalue weighted by atomic mass is 15.0. The summed E-state index contributed by atoms with van der Waals surface area (Å²) in [6.07, 6.45) is 0. The third kappa shape index (κ3) is 6.04. The molecule has 0 amide bonds. The Morgan fingerprint density at radius 1 is 0.302 bits per heavy atom. The number of hydrogen-bond donors (Lipinski definition) is 0. The standard InChI is InChI=1S/C54H29B7N2/c55-46-43(47(56)51(60)53-44(46)45-48(57)49(58)50(59)52(61)54(45)62(53)36-24-20-32(21-25-36)30-12-4-1-5-13-30)35-23-27-42-39(29-35)38-28-34(31-14-6-2-7-15-31)22-26-41(38)63(42)40-19-11-10-18-37(40)33-16-8-3-9-17-33/h1-29H. The van der Waals surface area contributed by atoms with Gasteiger partial charge in [-0.2, -0.15) is 0 Å². The smallest absolute Gasteiger partial charge is 0.115 e. The topological polar surface area (TPSA) is 9.86 Å². The molecule has 0 aliphatic carbocycles. The van der Waals surface area contributed by atoms with Gasteiger partial charge in [0.1, 0.15) is 54.9 Å². The van der Waals surface area contributed by atoms with Crippen LogP contribution < -0.4 is 38.2 Å². The number of hydrogen-bond acceptors (Lipinski definition) is 0. The Balaban J connectivity index is 1.19. The normalized spacial score (nSPS) is 11.6. The second kappa shape index (κ2) is 15.1. The Morgan fingerprint density at radius 2 is 0.746 bits per heavy atom. The average molecular weight is 782 g/mol. The van der Waals surface area contributed by atoms with Crippen molar-refractivity contribution in [2.24, 2.45) is 0 Å². The summed E-state index contributed by atoms with van der Waals surface area (Å²) in [6, 6.07) is 60.6. The lowest BCUT2D eigenvalue weighted by Gasteiger charge is -2.19. The minimum Gasteiger partial charge on any atom is -0.311 e. The number of para-hydroxylation sites is 1. The first-order chi connectivity index (χ1) is 30.7. The van der Waals surface area contributed by atoms with Crippen LogP contribution in [0.1, 0.15) is 0 Å². The van der Waals surface area contributed by atoms with E-state index in [1.165, 1.54) is 0 Å². The summed E-state index contributed by atoms with van der Waals surface area (Å²) in [7, 11) is 48.7. The lowest BCUT2D eigenvalue weighted by atomic mass is 9.64. The van der Waals surface area contributed by atoms with Crippen molar-refractivity contribution in [2.75, 3.05) is 0 Å². The molecule has 9 aromatic carbocycles. The molecule has 14 radical (unpaired) electrons. The van der Waals surface area contributed by atoms with Gasteiger partial charge in [-0.15, -0.1) is 10.9 Å². The fourth-order valence-electron chi connectivity index (χ4n) is 9.47. The van der Waals surface area contributed by atoms with Gasteiger partial charge in [0, 0.05) is 38.4 Å². The number of fused-ring (bicyclic) bond motifs is 6. The molecule has 276 valence electrons. The van der Waals surface area contributed by atoms with E-state index in [2.05, 4.69) is 126 Å². The van der Waals surface area contributed by atoms with Gasteiger partial charge in [0.15, 0.2) is 0 Å². The van der Waals surface area contributed by atoms with Crippen molar-refractivity contribution < 1.29 is 0 Å². The second-order valence-electron chi connectivity index (χ2n) is 16.0. The van der Waals surface area contributed by atoms with Crippen LogP contribution in [0.15, 0.2) is 176 Å². The van der Waals surface area contributed by atoms with Crippen LogP contribution in [0.5, 0.6) is 0 Å². The summed E-state index contributed by atoms with van der Waals surface area (Å²) in [4.78, 5) is 0. The molecule has 11 aromatic rings. The van der Waals surface area contributed by atoms with Crippen LogP contribution in [0.3, 0.4) is 0 Å². The molecule has 0 N–H and O–H groups in total. The zero-order chi connectivity index (χ0) is 43.1. The number of benzene rings is 9. The highest BCUT2D eigenvalue weighted by Crippen LogP contribution is 2.40. The SMILES string of the molecule is [B]c1c([B])c([B])c2c(c1[B])c1c([B])c(-c3ccc4c(c3)c3cc(-c5ccccc5)ccc3n4-c3ccccc3-c3ccccc3)c([B])c([B])c1n2-c1ccc(-c2ccccc2)cc1. The summed E-state index contributed by atoms with van der Waals surface area (Å²) in [5, 5.41) is 3.22. The molecule has 63 heavy (non-hydrogen) atoms. The van der Waals surface area contributed by atoms with Crippen LogP contribution >= 0.6 is 0 Å². The highest BCUT2D eigenvalue weighted by molar-refractivity contribution is 6.69. The van der Waals surface area contributed by atoms with Crippen LogP contribution in [0.4, 0.5) is 0 Å². The zero-order valence-corrected chi connectivity index (χ0v) is 34.2. The van der Waals surface area contributed by atoms with Gasteiger partial charge in [0.2, 0.25) is 0 Å². The van der Waals surface area contributed by atoms with Crippen molar-refractivity contribution in [1.29, 1.82) is 0 Å². The molecule has 0 bridgehead atoms. The fraction of sp³-hybridized carbons (Fsp3) is 0. The molecule has 2 nitrogen and oxygen atoms in total. The van der Waals surface area contributed by atoms with E-state index in [0.29, 0.717) is 43.8 Å². The Hall–Kier alpha value is -6.97. The summed E-state index contributed by atoms with van der Waals surface area (Å²) >= 11 is 0. The summed E-state index contributed by atoms with van der Waals surface area (Å²) in [6.45, 7) is 0. The molecule has 0 aliphatic heterocycles. The molecule has 0 saturated heterocycles. The van der Waals surface area contributed by atoms with E-state index >= 15 is 0 Å². The molecule has 0 unspecified atom stereocenters. The van der Waals surface area contributed by atoms with E-state index < -0.39 is 0 Å². The first kappa shape index (κ1) is 38.9. The number of aromatic nitrogens is 2. The van der Waals surface area contributed by atoms with E-state index in [-0.39, 0.29) is 21.9 Å². The molecule has 9 heteroatoms. The van der Waals surface area contributed by atoms with E-state index in [1.807, 2.05) is 59.2 Å². The van der Waals surface area contributed by atoms with Crippen molar-refractivity contribution >= 4 is 137 Å². The molecular formula is C54H29B7N2. The third-order valence-corrected chi connectivity index (χ3v) is 12.5. The molecule has 0 aliphatic rings. The van der Waals surface area contributed by atoms with Crippen molar-refractivity contribution in [1.82, 2.24) is 9.13 Å². The van der Waals surface area contributed by atoms with Gasteiger partial charge >= 0.3 is 0 Å². The lowest BCUT2D eigenvalue weighted by Crippen LogP contribution is -2.48. The Morgan fingerprint density at radius 3 is 1.37 bits per heavy atom. The van der Waals surface area contributed by atoms with Crippen LogP contribution in [0.25, 0.3) is 99.5 Å². The molecule has 0 fully saturated rings. The van der Waals surface area contributed by atoms with Crippen molar-refractivity contribution in [2.45, 2.75) is 0 Å². The maximum absolute atomic E-state index is 7.40. The number of nitrogens with zero attached hydrogens (tertiary/aromatic N) is 2.